The molecule has 0 aromatic carbocycles. The van der Waals surface area contributed by atoms with Crippen LogP contribution in [0.5, 0.6) is 0 Å². The van der Waals surface area contributed by atoms with Gasteiger partial charge in [0.05, 0.1) is 0 Å². The summed E-state index contributed by atoms with van der Waals surface area (Å²) in [5.74, 6) is 0.156. The fraction of sp³-hybridized carbons (Fsp3) is 0.533. The molecule has 0 atom stereocenters. The van der Waals surface area contributed by atoms with Gasteiger partial charge in [-0.2, -0.15) is 0 Å². The molecule has 1 aliphatic heterocycles. The molecular formula is C15H21N3O3. The molecule has 0 saturated carbocycles. The number of piperidine rings is 1. The van der Waals surface area contributed by atoms with E-state index in [-0.39, 0.29) is 22.9 Å². The molecule has 114 valence electrons. The number of likely N-dealkylation sites (tertiary alicyclic amines) is 1. The van der Waals surface area contributed by atoms with Crippen LogP contribution in [-0.4, -0.2) is 41.3 Å². The van der Waals surface area contributed by atoms with Crippen molar-refractivity contribution >= 4 is 11.8 Å². The number of aromatic amines is 1. The van der Waals surface area contributed by atoms with Gasteiger partial charge >= 0.3 is 0 Å². The molecule has 0 bridgehead atoms. The quantitative estimate of drug-likeness (QED) is 0.859. The highest BCUT2D eigenvalue weighted by atomic mass is 16.2. The molecule has 1 aromatic heterocycles. The first-order valence-electron chi connectivity index (χ1n) is 7.21. The first-order chi connectivity index (χ1) is 9.97. The number of rotatable bonds is 3. The van der Waals surface area contributed by atoms with Crippen LogP contribution in [0, 0.1) is 12.8 Å². The molecule has 6 nitrogen and oxygen atoms in total. The molecule has 1 aliphatic rings. The van der Waals surface area contributed by atoms with Crippen LogP contribution in [0.2, 0.25) is 0 Å². The van der Waals surface area contributed by atoms with Gasteiger partial charge in [-0.05, 0) is 37.8 Å². The van der Waals surface area contributed by atoms with Gasteiger partial charge in [0.25, 0.3) is 11.5 Å². The highest BCUT2D eigenvalue weighted by Crippen LogP contribution is 2.17. The molecule has 0 aliphatic carbocycles. The van der Waals surface area contributed by atoms with E-state index >= 15 is 0 Å². The van der Waals surface area contributed by atoms with Gasteiger partial charge in [-0.3, -0.25) is 14.4 Å². The summed E-state index contributed by atoms with van der Waals surface area (Å²) >= 11 is 0. The van der Waals surface area contributed by atoms with Crippen LogP contribution in [-0.2, 0) is 4.79 Å². The molecule has 2 N–H and O–H groups in total. The molecule has 0 spiro atoms. The van der Waals surface area contributed by atoms with E-state index in [1.165, 1.54) is 6.92 Å². The van der Waals surface area contributed by atoms with Crippen LogP contribution in [0.25, 0.3) is 0 Å². The first-order valence-corrected chi connectivity index (χ1v) is 7.21. The lowest BCUT2D eigenvalue weighted by Gasteiger charge is -2.31. The second-order valence-electron chi connectivity index (χ2n) is 5.56. The maximum atomic E-state index is 12.3. The summed E-state index contributed by atoms with van der Waals surface area (Å²) in [6.45, 7) is 5.18. The maximum absolute atomic E-state index is 12.3. The van der Waals surface area contributed by atoms with Gasteiger partial charge in [0.2, 0.25) is 5.91 Å². The SMILES string of the molecule is CC(=O)NCC1CCN(C(=O)c2ccc(C)[nH]c2=O)CC1. The number of carbonyl (C=O) groups excluding carboxylic acids is 2. The lowest BCUT2D eigenvalue weighted by molar-refractivity contribution is -0.119. The monoisotopic (exact) mass is 291 g/mol. The Labute approximate surface area is 123 Å². The van der Waals surface area contributed by atoms with Crippen molar-refractivity contribution in [3.05, 3.63) is 33.7 Å². The van der Waals surface area contributed by atoms with Crippen molar-refractivity contribution in [2.45, 2.75) is 26.7 Å². The first kappa shape index (κ1) is 15.3. The summed E-state index contributed by atoms with van der Waals surface area (Å²) in [5, 5.41) is 2.81. The number of pyridine rings is 1. The normalized spacial score (nSPS) is 15.8. The average Bonchev–Trinajstić information content (AvgIpc) is 2.45. The third-order valence-corrected chi connectivity index (χ3v) is 3.83. The van der Waals surface area contributed by atoms with E-state index in [9.17, 15) is 14.4 Å². The summed E-state index contributed by atoms with van der Waals surface area (Å²) in [7, 11) is 0. The molecule has 2 heterocycles. The fourth-order valence-corrected chi connectivity index (χ4v) is 2.54. The van der Waals surface area contributed by atoms with Gasteiger partial charge in [-0.25, -0.2) is 0 Å². The lowest BCUT2D eigenvalue weighted by Crippen LogP contribution is -2.42. The van der Waals surface area contributed by atoms with E-state index in [4.69, 9.17) is 0 Å². The maximum Gasteiger partial charge on any atom is 0.260 e. The van der Waals surface area contributed by atoms with E-state index in [0.717, 1.165) is 18.5 Å². The summed E-state index contributed by atoms with van der Waals surface area (Å²) < 4.78 is 0. The number of hydrogen-bond acceptors (Lipinski definition) is 3. The zero-order chi connectivity index (χ0) is 15.4. The Kier molecular flexibility index (Phi) is 4.77. The Balaban J connectivity index is 1.94. The van der Waals surface area contributed by atoms with Crippen LogP contribution in [0.4, 0.5) is 0 Å². The highest BCUT2D eigenvalue weighted by molar-refractivity contribution is 5.93. The average molecular weight is 291 g/mol. The number of H-pyrrole nitrogens is 1. The van der Waals surface area contributed by atoms with Crippen LogP contribution in [0.3, 0.4) is 0 Å². The molecular weight excluding hydrogens is 270 g/mol. The molecule has 1 fully saturated rings. The van der Waals surface area contributed by atoms with Gasteiger partial charge in [0.15, 0.2) is 0 Å². The number of nitrogens with one attached hydrogen (secondary N) is 2. The standard InChI is InChI=1S/C15H21N3O3/c1-10-3-4-13(14(20)17-10)15(21)18-7-5-12(6-8-18)9-16-11(2)19/h3-4,12H,5-9H2,1-2H3,(H,16,19)(H,17,20). The Hall–Kier alpha value is -2.11. The summed E-state index contributed by atoms with van der Waals surface area (Å²) in [6.07, 6.45) is 1.69. The minimum absolute atomic E-state index is 0.0281. The van der Waals surface area contributed by atoms with Crippen molar-refractivity contribution in [2.24, 2.45) is 5.92 Å². The predicted molar refractivity (Wildman–Crippen MR) is 79.1 cm³/mol. The summed E-state index contributed by atoms with van der Waals surface area (Å²) in [5.41, 5.74) is 0.604. The van der Waals surface area contributed by atoms with Gasteiger partial charge in [0, 0.05) is 32.3 Å². The van der Waals surface area contributed by atoms with Gasteiger partial charge in [-0.15, -0.1) is 0 Å². The zero-order valence-electron chi connectivity index (χ0n) is 12.4. The Bertz CT molecular complexity index is 586. The smallest absolute Gasteiger partial charge is 0.260 e. The van der Waals surface area contributed by atoms with Gasteiger partial charge in [0.1, 0.15) is 5.56 Å². The van der Waals surface area contributed by atoms with E-state index in [1.54, 1.807) is 24.0 Å². The number of nitrogens with zero attached hydrogens (tertiary/aromatic N) is 1. The Morgan fingerprint density at radius 1 is 1.33 bits per heavy atom. The van der Waals surface area contributed by atoms with Crippen molar-refractivity contribution in [3.8, 4) is 0 Å². The molecule has 0 unspecified atom stereocenters. The van der Waals surface area contributed by atoms with Crippen molar-refractivity contribution in [3.63, 3.8) is 0 Å². The number of hydrogen-bond donors (Lipinski definition) is 2. The van der Waals surface area contributed by atoms with Crippen LogP contribution >= 0.6 is 0 Å². The summed E-state index contributed by atoms with van der Waals surface area (Å²) in [4.78, 5) is 39.4. The van der Waals surface area contributed by atoms with Gasteiger partial charge < -0.3 is 15.2 Å². The fourth-order valence-electron chi connectivity index (χ4n) is 2.54. The Morgan fingerprint density at radius 3 is 2.57 bits per heavy atom. The number of amides is 2. The topological polar surface area (TPSA) is 82.3 Å². The highest BCUT2D eigenvalue weighted by Gasteiger charge is 2.25. The molecule has 1 aromatic rings. The second kappa shape index (κ2) is 6.56. The molecule has 0 radical (unpaired) electrons. The van der Waals surface area contributed by atoms with Crippen LogP contribution in [0.15, 0.2) is 16.9 Å². The second-order valence-corrected chi connectivity index (χ2v) is 5.56. The third-order valence-electron chi connectivity index (χ3n) is 3.83. The zero-order valence-corrected chi connectivity index (χ0v) is 12.4. The van der Waals surface area contributed by atoms with E-state index in [2.05, 4.69) is 10.3 Å². The van der Waals surface area contributed by atoms with Crippen LogP contribution < -0.4 is 10.9 Å². The molecule has 21 heavy (non-hydrogen) atoms. The van der Waals surface area contributed by atoms with Crippen molar-refractivity contribution < 1.29 is 9.59 Å². The minimum Gasteiger partial charge on any atom is -0.356 e. The number of aromatic nitrogens is 1. The van der Waals surface area contributed by atoms with Crippen LogP contribution in [0.1, 0.15) is 35.8 Å². The summed E-state index contributed by atoms with van der Waals surface area (Å²) in [6, 6.07) is 3.32. The number of aryl methyl sites for hydroxylation is 1. The number of carbonyl (C=O) groups is 2. The van der Waals surface area contributed by atoms with Crippen molar-refractivity contribution in [2.75, 3.05) is 19.6 Å². The van der Waals surface area contributed by atoms with E-state index in [0.29, 0.717) is 25.6 Å². The minimum atomic E-state index is -0.333. The van der Waals surface area contributed by atoms with Gasteiger partial charge in [-0.1, -0.05) is 0 Å². The third kappa shape index (κ3) is 3.93. The lowest BCUT2D eigenvalue weighted by atomic mass is 9.96. The van der Waals surface area contributed by atoms with Crippen molar-refractivity contribution in [1.82, 2.24) is 15.2 Å². The van der Waals surface area contributed by atoms with Crippen molar-refractivity contribution in [1.29, 1.82) is 0 Å². The van der Waals surface area contributed by atoms with E-state index < -0.39 is 0 Å². The largest absolute Gasteiger partial charge is 0.356 e. The molecule has 1 saturated heterocycles. The molecule has 6 heteroatoms. The van der Waals surface area contributed by atoms with E-state index in [1.807, 2.05) is 0 Å². The predicted octanol–water partition coefficient (Wildman–Crippen LogP) is 0.672. The molecule has 2 rings (SSSR count). The molecule has 2 amide bonds. The Morgan fingerprint density at radius 2 is 2.00 bits per heavy atom.